The van der Waals surface area contributed by atoms with E-state index in [1.165, 1.54) is 0 Å². The first kappa shape index (κ1) is 20.5. The van der Waals surface area contributed by atoms with Gasteiger partial charge < -0.3 is 19.5 Å². The molecule has 2 aliphatic heterocycles. The van der Waals surface area contributed by atoms with Crippen molar-refractivity contribution in [2.75, 3.05) is 13.2 Å². The number of alkyl halides is 3. The summed E-state index contributed by atoms with van der Waals surface area (Å²) in [6.07, 6.45) is -3.58. The van der Waals surface area contributed by atoms with Crippen LogP contribution < -0.4 is 5.32 Å². The molecular weight excluding hydrogens is 387 g/mol. The summed E-state index contributed by atoms with van der Waals surface area (Å²) >= 11 is 1.05. The standard InChI is InChI=1S/C17H22F3NO5S/c1-15(2,3)26-13(22)11-9-4-5-16(24-6-7-25-16)8-10(9)27-12(11)21-14(23)17(18,19)20/h9-10H,4-8H2,1-3H3,(H,21,23). The van der Waals surface area contributed by atoms with E-state index in [0.717, 1.165) is 11.8 Å². The summed E-state index contributed by atoms with van der Waals surface area (Å²) in [6.45, 7) is 5.96. The van der Waals surface area contributed by atoms with Crippen LogP contribution in [0.5, 0.6) is 0 Å². The Morgan fingerprint density at radius 2 is 1.85 bits per heavy atom. The Hall–Kier alpha value is -1.26. The van der Waals surface area contributed by atoms with Gasteiger partial charge >= 0.3 is 18.1 Å². The highest BCUT2D eigenvalue weighted by atomic mass is 32.2. The fourth-order valence-electron chi connectivity index (χ4n) is 3.56. The molecule has 0 aromatic rings. The molecule has 1 N–H and O–H groups in total. The van der Waals surface area contributed by atoms with Gasteiger partial charge in [-0.1, -0.05) is 0 Å². The number of amides is 1. The molecule has 1 spiro atoms. The third kappa shape index (κ3) is 4.43. The highest BCUT2D eigenvalue weighted by Crippen LogP contribution is 2.53. The maximum atomic E-state index is 12.7. The van der Waals surface area contributed by atoms with Gasteiger partial charge in [-0.2, -0.15) is 13.2 Å². The largest absolute Gasteiger partial charge is 0.471 e. The van der Waals surface area contributed by atoms with Crippen LogP contribution in [-0.2, 0) is 23.8 Å². The first-order valence-corrected chi connectivity index (χ1v) is 9.58. The molecule has 0 aromatic carbocycles. The number of hydrogen-bond donors (Lipinski definition) is 1. The van der Waals surface area contributed by atoms with Gasteiger partial charge in [0.15, 0.2) is 5.79 Å². The topological polar surface area (TPSA) is 73.9 Å². The highest BCUT2D eigenvalue weighted by Gasteiger charge is 2.52. The molecule has 1 aliphatic carbocycles. The fraction of sp³-hybridized carbons (Fsp3) is 0.765. The van der Waals surface area contributed by atoms with E-state index in [9.17, 15) is 22.8 Å². The molecule has 0 radical (unpaired) electrons. The molecule has 2 heterocycles. The second-order valence-corrected chi connectivity index (χ2v) is 9.06. The van der Waals surface area contributed by atoms with E-state index >= 15 is 0 Å². The number of carbonyl (C=O) groups excluding carboxylic acids is 2. The molecular formula is C17H22F3NO5S. The Morgan fingerprint density at radius 1 is 1.22 bits per heavy atom. The molecule has 10 heteroatoms. The summed E-state index contributed by atoms with van der Waals surface area (Å²) < 4.78 is 54.9. The van der Waals surface area contributed by atoms with E-state index in [0.29, 0.717) is 32.5 Å². The molecule has 2 fully saturated rings. The lowest BCUT2D eigenvalue weighted by molar-refractivity contribution is -0.180. The van der Waals surface area contributed by atoms with Crippen LogP contribution in [0.2, 0.25) is 0 Å². The van der Waals surface area contributed by atoms with Gasteiger partial charge in [-0.05, 0) is 27.2 Å². The summed E-state index contributed by atoms with van der Waals surface area (Å²) in [6, 6.07) is 0. The van der Waals surface area contributed by atoms with Gasteiger partial charge in [0, 0.05) is 24.0 Å². The summed E-state index contributed by atoms with van der Waals surface area (Å²) in [4.78, 5) is 24.1. The van der Waals surface area contributed by atoms with E-state index in [1.807, 2.05) is 5.32 Å². The predicted molar refractivity (Wildman–Crippen MR) is 90.4 cm³/mol. The van der Waals surface area contributed by atoms with E-state index in [4.69, 9.17) is 14.2 Å². The van der Waals surface area contributed by atoms with Gasteiger partial charge in [-0.3, -0.25) is 4.79 Å². The first-order chi connectivity index (χ1) is 12.4. The number of esters is 1. The van der Waals surface area contributed by atoms with Crippen LogP contribution in [0.25, 0.3) is 0 Å². The van der Waals surface area contributed by atoms with E-state index in [-0.39, 0.29) is 21.8 Å². The van der Waals surface area contributed by atoms with Gasteiger partial charge in [-0.25, -0.2) is 4.79 Å². The lowest BCUT2D eigenvalue weighted by atomic mass is 9.80. The molecule has 3 aliphatic rings. The van der Waals surface area contributed by atoms with Crippen LogP contribution in [0.15, 0.2) is 10.6 Å². The lowest BCUT2D eigenvalue weighted by Crippen LogP contribution is -2.42. The summed E-state index contributed by atoms with van der Waals surface area (Å²) in [5, 5.41) is 1.55. The number of halogens is 3. The van der Waals surface area contributed by atoms with Crippen molar-refractivity contribution < 1.29 is 37.0 Å². The molecule has 3 rings (SSSR count). The van der Waals surface area contributed by atoms with E-state index < -0.39 is 29.4 Å². The molecule has 1 amide bonds. The summed E-state index contributed by atoms with van der Waals surface area (Å²) in [7, 11) is 0. The number of carbonyl (C=O) groups is 2. The minimum absolute atomic E-state index is 0.0865. The van der Waals surface area contributed by atoms with Crippen LogP contribution >= 0.6 is 11.8 Å². The van der Waals surface area contributed by atoms with Crippen molar-refractivity contribution >= 4 is 23.6 Å². The van der Waals surface area contributed by atoms with Crippen molar-refractivity contribution in [1.29, 1.82) is 0 Å². The smallest absolute Gasteiger partial charge is 0.457 e. The van der Waals surface area contributed by atoms with Crippen molar-refractivity contribution in [2.24, 2.45) is 5.92 Å². The van der Waals surface area contributed by atoms with Crippen molar-refractivity contribution in [3.05, 3.63) is 10.6 Å². The van der Waals surface area contributed by atoms with Crippen molar-refractivity contribution in [3.8, 4) is 0 Å². The third-order valence-electron chi connectivity index (χ3n) is 4.60. The van der Waals surface area contributed by atoms with Gasteiger partial charge in [0.05, 0.1) is 23.8 Å². The lowest BCUT2D eigenvalue weighted by Gasteiger charge is -2.38. The van der Waals surface area contributed by atoms with Gasteiger partial charge in [-0.15, -0.1) is 11.8 Å². The third-order valence-corrected chi connectivity index (χ3v) is 5.95. The Kier molecular flexibility index (Phi) is 5.28. The van der Waals surface area contributed by atoms with Gasteiger partial charge in [0.2, 0.25) is 0 Å². The van der Waals surface area contributed by atoms with Gasteiger partial charge in [0.25, 0.3) is 0 Å². The molecule has 152 valence electrons. The SMILES string of the molecule is CC(C)(C)OC(=O)C1=C(NC(=O)C(F)(F)F)SC2CC3(CCC12)OCCO3. The zero-order valence-electron chi connectivity index (χ0n) is 15.3. The Morgan fingerprint density at radius 3 is 2.41 bits per heavy atom. The summed E-state index contributed by atoms with van der Waals surface area (Å²) in [5.74, 6) is -3.89. The molecule has 2 unspecified atom stereocenters. The van der Waals surface area contributed by atoms with Crippen molar-refractivity contribution in [3.63, 3.8) is 0 Å². The Bertz CT molecular complexity index is 664. The normalized spacial score (nSPS) is 27.6. The molecule has 0 aromatic heterocycles. The monoisotopic (exact) mass is 409 g/mol. The quantitative estimate of drug-likeness (QED) is 0.707. The van der Waals surface area contributed by atoms with Crippen LogP contribution in [0.4, 0.5) is 13.2 Å². The number of ether oxygens (including phenoxy) is 3. The molecule has 6 nitrogen and oxygen atoms in total. The second-order valence-electron chi connectivity index (χ2n) is 7.81. The summed E-state index contributed by atoms with van der Waals surface area (Å²) in [5.41, 5.74) is -0.704. The maximum absolute atomic E-state index is 12.7. The van der Waals surface area contributed by atoms with Crippen LogP contribution in [0.1, 0.15) is 40.0 Å². The number of fused-ring (bicyclic) bond motifs is 1. The number of hydrogen-bond acceptors (Lipinski definition) is 6. The molecule has 1 saturated heterocycles. The molecule has 0 bridgehead atoms. The van der Waals surface area contributed by atoms with Crippen molar-refractivity contribution in [2.45, 2.75) is 62.8 Å². The zero-order chi connectivity index (χ0) is 20.0. The highest BCUT2D eigenvalue weighted by molar-refractivity contribution is 8.04. The number of rotatable bonds is 2. The Labute approximate surface area is 159 Å². The molecule has 2 atom stereocenters. The van der Waals surface area contributed by atoms with Crippen LogP contribution in [0.3, 0.4) is 0 Å². The Balaban J connectivity index is 1.85. The fourth-order valence-corrected chi connectivity index (χ4v) is 5.15. The van der Waals surface area contributed by atoms with Gasteiger partial charge in [0.1, 0.15) is 5.60 Å². The predicted octanol–water partition coefficient (Wildman–Crippen LogP) is 2.88. The first-order valence-electron chi connectivity index (χ1n) is 8.70. The van der Waals surface area contributed by atoms with Crippen LogP contribution in [0, 0.1) is 5.92 Å². The van der Waals surface area contributed by atoms with Crippen molar-refractivity contribution in [1.82, 2.24) is 5.32 Å². The number of thioether (sulfide) groups is 1. The van der Waals surface area contributed by atoms with E-state index in [1.54, 1.807) is 20.8 Å². The zero-order valence-corrected chi connectivity index (χ0v) is 16.1. The average Bonchev–Trinajstić information content (AvgIpc) is 3.09. The number of nitrogens with one attached hydrogen (secondary N) is 1. The van der Waals surface area contributed by atoms with Crippen LogP contribution in [-0.4, -0.2) is 47.9 Å². The van der Waals surface area contributed by atoms with E-state index in [2.05, 4.69) is 0 Å². The minimum Gasteiger partial charge on any atom is -0.457 e. The maximum Gasteiger partial charge on any atom is 0.471 e. The minimum atomic E-state index is -5.04. The second kappa shape index (κ2) is 6.97. The molecule has 27 heavy (non-hydrogen) atoms. The average molecular weight is 409 g/mol. The molecule has 1 saturated carbocycles.